The Kier molecular flexibility index (Phi) is 6.88. The number of hydrogen-bond donors (Lipinski definition) is 2. The van der Waals surface area contributed by atoms with Gasteiger partial charge in [-0.1, -0.05) is 43.5 Å². The third-order valence-corrected chi connectivity index (χ3v) is 3.73. The number of halogens is 1. The van der Waals surface area contributed by atoms with Gasteiger partial charge in [0.1, 0.15) is 0 Å². The molecule has 0 spiro atoms. The quantitative estimate of drug-likeness (QED) is 0.710. The Morgan fingerprint density at radius 1 is 1.17 bits per heavy atom. The molecule has 122 valence electrons. The van der Waals surface area contributed by atoms with Crippen LogP contribution in [0.3, 0.4) is 0 Å². The van der Waals surface area contributed by atoms with Gasteiger partial charge in [0.05, 0.1) is 11.3 Å². The molecule has 1 aromatic heterocycles. The summed E-state index contributed by atoms with van der Waals surface area (Å²) in [5, 5.41) is 6.91. The summed E-state index contributed by atoms with van der Waals surface area (Å²) in [6, 6.07) is 9.46. The Labute approximate surface area is 142 Å². The fourth-order valence-corrected chi connectivity index (χ4v) is 2.27. The van der Waals surface area contributed by atoms with Gasteiger partial charge < -0.3 is 10.6 Å². The van der Waals surface area contributed by atoms with E-state index in [0.717, 1.165) is 35.5 Å². The zero-order valence-electron chi connectivity index (χ0n) is 13.3. The molecule has 0 saturated carbocycles. The van der Waals surface area contributed by atoms with Crippen LogP contribution in [0.4, 0.5) is 5.69 Å². The molecule has 0 aliphatic rings. The molecule has 2 N–H and O–H groups in total. The van der Waals surface area contributed by atoms with Crippen molar-refractivity contribution in [1.82, 2.24) is 10.3 Å². The van der Waals surface area contributed by atoms with Crippen molar-refractivity contribution in [3.05, 3.63) is 58.9 Å². The third-order valence-electron chi connectivity index (χ3n) is 3.48. The van der Waals surface area contributed by atoms with Crippen LogP contribution in [0.25, 0.3) is 0 Å². The molecule has 4 nitrogen and oxygen atoms in total. The number of rotatable bonds is 8. The second-order valence-corrected chi connectivity index (χ2v) is 5.84. The van der Waals surface area contributed by atoms with Gasteiger partial charge in [0.15, 0.2) is 0 Å². The molecule has 1 amide bonds. The molecule has 2 rings (SSSR count). The number of carbonyl (C=O) groups is 1. The predicted molar refractivity (Wildman–Crippen MR) is 94.9 cm³/mol. The minimum Gasteiger partial charge on any atom is -0.380 e. The van der Waals surface area contributed by atoms with E-state index in [-0.39, 0.29) is 5.91 Å². The van der Waals surface area contributed by atoms with Crippen molar-refractivity contribution in [2.75, 3.05) is 11.9 Å². The lowest BCUT2D eigenvalue weighted by Crippen LogP contribution is -2.24. The molecule has 0 atom stereocenters. The fourth-order valence-electron chi connectivity index (χ4n) is 2.15. The van der Waals surface area contributed by atoms with Gasteiger partial charge in [0.2, 0.25) is 0 Å². The van der Waals surface area contributed by atoms with E-state index < -0.39 is 0 Å². The number of pyridine rings is 1. The van der Waals surface area contributed by atoms with Crippen LogP contribution in [-0.2, 0) is 6.54 Å². The Hall–Kier alpha value is -2.07. The summed E-state index contributed by atoms with van der Waals surface area (Å²) >= 11 is 5.87. The monoisotopic (exact) mass is 331 g/mol. The van der Waals surface area contributed by atoms with Crippen LogP contribution in [0.5, 0.6) is 0 Å². The molecule has 1 aromatic carbocycles. The second-order valence-electron chi connectivity index (χ2n) is 5.41. The number of nitrogens with one attached hydrogen (secondary N) is 2. The van der Waals surface area contributed by atoms with Gasteiger partial charge in [-0.05, 0) is 30.2 Å². The molecule has 0 saturated heterocycles. The minimum atomic E-state index is -0.0799. The molecular weight excluding hydrogens is 310 g/mol. The maximum Gasteiger partial charge on any atom is 0.252 e. The average molecular weight is 332 g/mol. The number of unbranched alkanes of at least 4 members (excludes halogenated alkanes) is 2. The summed E-state index contributed by atoms with van der Waals surface area (Å²) in [4.78, 5) is 16.2. The Morgan fingerprint density at radius 3 is 2.70 bits per heavy atom. The van der Waals surface area contributed by atoms with Crippen molar-refractivity contribution in [2.24, 2.45) is 0 Å². The van der Waals surface area contributed by atoms with Gasteiger partial charge in [0.25, 0.3) is 5.91 Å². The van der Waals surface area contributed by atoms with Crippen LogP contribution < -0.4 is 10.6 Å². The van der Waals surface area contributed by atoms with Crippen LogP contribution in [0.1, 0.15) is 42.1 Å². The number of nitrogens with zero attached hydrogens (tertiary/aromatic N) is 1. The zero-order chi connectivity index (χ0) is 16.5. The van der Waals surface area contributed by atoms with Crippen molar-refractivity contribution in [3.8, 4) is 0 Å². The molecule has 23 heavy (non-hydrogen) atoms. The number of amides is 1. The lowest BCUT2D eigenvalue weighted by atomic mass is 10.2. The van der Waals surface area contributed by atoms with E-state index >= 15 is 0 Å². The summed E-state index contributed by atoms with van der Waals surface area (Å²) < 4.78 is 0. The van der Waals surface area contributed by atoms with Crippen LogP contribution in [0.15, 0.2) is 42.7 Å². The lowest BCUT2D eigenvalue weighted by molar-refractivity contribution is 0.0952. The van der Waals surface area contributed by atoms with Crippen molar-refractivity contribution in [2.45, 2.75) is 32.7 Å². The highest BCUT2D eigenvalue weighted by molar-refractivity contribution is 6.30. The predicted octanol–water partition coefficient (Wildman–Crippen LogP) is 4.27. The van der Waals surface area contributed by atoms with Gasteiger partial charge in [-0.3, -0.25) is 9.78 Å². The van der Waals surface area contributed by atoms with Crippen molar-refractivity contribution < 1.29 is 4.79 Å². The third kappa shape index (κ3) is 5.91. The maximum atomic E-state index is 12.1. The maximum absolute atomic E-state index is 12.1. The van der Waals surface area contributed by atoms with Gasteiger partial charge in [0, 0.05) is 30.5 Å². The molecule has 0 aliphatic heterocycles. The molecule has 5 heteroatoms. The van der Waals surface area contributed by atoms with Crippen LogP contribution in [0, 0.1) is 0 Å². The number of carbonyl (C=O) groups excluding carboxylic acids is 1. The van der Waals surface area contributed by atoms with Crippen LogP contribution >= 0.6 is 11.6 Å². The van der Waals surface area contributed by atoms with Gasteiger partial charge in [-0.25, -0.2) is 0 Å². The fraction of sp³-hybridized carbons (Fsp3) is 0.333. The normalized spacial score (nSPS) is 10.3. The molecule has 2 aromatic rings. The summed E-state index contributed by atoms with van der Waals surface area (Å²) in [5.41, 5.74) is 2.51. The highest BCUT2D eigenvalue weighted by Crippen LogP contribution is 2.13. The molecule has 1 heterocycles. The summed E-state index contributed by atoms with van der Waals surface area (Å²) in [7, 11) is 0. The molecule has 0 aliphatic carbocycles. The first kappa shape index (κ1) is 17.3. The number of anilines is 1. The van der Waals surface area contributed by atoms with Gasteiger partial charge >= 0.3 is 0 Å². The van der Waals surface area contributed by atoms with E-state index in [1.807, 2.05) is 30.3 Å². The standard InChI is InChI=1S/C18H22ClN3O/c1-2-3-4-9-21-18(23)15-10-17(13-20-12-15)22-11-14-5-7-16(19)8-6-14/h5-8,10,12-13,22H,2-4,9,11H2,1H3,(H,21,23). The molecular formula is C18H22ClN3O. The highest BCUT2D eigenvalue weighted by Gasteiger charge is 2.06. The molecule has 0 fully saturated rings. The van der Waals surface area contributed by atoms with E-state index in [4.69, 9.17) is 11.6 Å². The lowest BCUT2D eigenvalue weighted by Gasteiger charge is -2.09. The average Bonchev–Trinajstić information content (AvgIpc) is 2.58. The first-order chi connectivity index (χ1) is 11.2. The number of benzene rings is 1. The Morgan fingerprint density at radius 2 is 1.96 bits per heavy atom. The van der Waals surface area contributed by atoms with Crippen LogP contribution in [-0.4, -0.2) is 17.4 Å². The van der Waals surface area contributed by atoms with Crippen LogP contribution in [0.2, 0.25) is 5.02 Å². The van der Waals surface area contributed by atoms with E-state index in [2.05, 4.69) is 22.5 Å². The van der Waals surface area contributed by atoms with Crippen molar-refractivity contribution >= 4 is 23.2 Å². The van der Waals surface area contributed by atoms with Gasteiger partial charge in [-0.15, -0.1) is 0 Å². The van der Waals surface area contributed by atoms with Crippen molar-refractivity contribution in [3.63, 3.8) is 0 Å². The van der Waals surface area contributed by atoms with E-state index in [1.54, 1.807) is 12.4 Å². The van der Waals surface area contributed by atoms with E-state index in [0.29, 0.717) is 18.7 Å². The Balaban J connectivity index is 1.88. The number of hydrogen-bond acceptors (Lipinski definition) is 3. The molecule has 0 bridgehead atoms. The van der Waals surface area contributed by atoms with Crippen molar-refractivity contribution in [1.29, 1.82) is 0 Å². The second kappa shape index (κ2) is 9.16. The summed E-state index contributed by atoms with van der Waals surface area (Å²) in [5.74, 6) is -0.0799. The molecule has 0 unspecified atom stereocenters. The minimum absolute atomic E-state index is 0.0799. The largest absolute Gasteiger partial charge is 0.380 e. The smallest absolute Gasteiger partial charge is 0.252 e. The zero-order valence-corrected chi connectivity index (χ0v) is 14.1. The summed E-state index contributed by atoms with van der Waals surface area (Å²) in [6.45, 7) is 3.50. The first-order valence-electron chi connectivity index (χ1n) is 7.90. The topological polar surface area (TPSA) is 54.0 Å². The highest BCUT2D eigenvalue weighted by atomic mass is 35.5. The van der Waals surface area contributed by atoms with Gasteiger partial charge in [-0.2, -0.15) is 0 Å². The summed E-state index contributed by atoms with van der Waals surface area (Å²) in [6.07, 6.45) is 6.57. The first-order valence-corrected chi connectivity index (χ1v) is 8.28. The van der Waals surface area contributed by atoms with E-state index in [1.165, 1.54) is 0 Å². The number of aromatic nitrogens is 1. The van der Waals surface area contributed by atoms with E-state index in [9.17, 15) is 4.79 Å². The molecule has 0 radical (unpaired) electrons. The Bertz CT molecular complexity index is 628. The SMILES string of the molecule is CCCCCNC(=O)c1cncc(NCc2ccc(Cl)cc2)c1.